The molecule has 2 rings (SSSR count). The van der Waals surface area contributed by atoms with Gasteiger partial charge in [-0.2, -0.15) is 0 Å². The van der Waals surface area contributed by atoms with E-state index < -0.39 is 22.0 Å². The monoisotopic (exact) mass is 540 g/mol. The van der Waals surface area contributed by atoms with E-state index in [1.54, 1.807) is 7.11 Å². The summed E-state index contributed by atoms with van der Waals surface area (Å²) in [7, 11) is -1.83. The Kier molecular flexibility index (Phi) is 7.99. The zero-order valence-corrected chi connectivity index (χ0v) is 25.7. The van der Waals surface area contributed by atoms with Crippen molar-refractivity contribution in [3.8, 4) is 11.5 Å². The summed E-state index contributed by atoms with van der Waals surface area (Å²) in [5, 5.41) is 12.1. The molecule has 3 nitrogen and oxygen atoms in total. The summed E-state index contributed by atoms with van der Waals surface area (Å²) >= 11 is 3.66. The van der Waals surface area contributed by atoms with Crippen LogP contribution < -0.4 is 9.16 Å². The van der Waals surface area contributed by atoms with E-state index in [9.17, 15) is 5.11 Å². The Hall–Kier alpha value is -0.566. The topological polar surface area (TPSA) is 38.7 Å². The third kappa shape index (κ3) is 6.31. The number of benzene rings is 1. The molecule has 1 aliphatic rings. The van der Waals surface area contributed by atoms with Crippen molar-refractivity contribution in [2.75, 3.05) is 7.11 Å². The van der Waals surface area contributed by atoms with Crippen LogP contribution in [-0.4, -0.2) is 34.2 Å². The molecule has 0 spiro atoms. The predicted molar refractivity (Wildman–Crippen MR) is 146 cm³/mol. The van der Waals surface area contributed by atoms with Gasteiger partial charge in [-0.1, -0.05) is 66.4 Å². The fraction of sp³-hybridized carbons (Fsp3) is 0.692. The Morgan fingerprint density at radius 3 is 2.19 bits per heavy atom. The number of halogens is 1. The number of hydrogen-bond acceptors (Lipinski definition) is 3. The maximum Gasteiger partial charge on any atom is 0.250 e. The summed E-state index contributed by atoms with van der Waals surface area (Å²) in [5.41, 5.74) is 0.301. The smallest absolute Gasteiger partial charge is 0.250 e. The van der Waals surface area contributed by atoms with Gasteiger partial charge in [0.05, 0.1) is 17.2 Å². The molecule has 0 heterocycles. The van der Waals surface area contributed by atoms with Crippen LogP contribution in [0, 0.1) is 11.3 Å². The molecule has 1 N–H and O–H groups in total. The third-order valence-corrected chi connectivity index (χ3v) is 13.9. The Bertz CT molecular complexity index is 850. The molecule has 0 saturated carbocycles. The Labute approximate surface area is 207 Å². The normalized spacial score (nSPS) is 23.8. The average Bonchev–Trinajstić information content (AvgIpc) is 2.56. The summed E-state index contributed by atoms with van der Waals surface area (Å²) in [6.07, 6.45) is 6.00. The van der Waals surface area contributed by atoms with Crippen molar-refractivity contribution in [2.24, 2.45) is 11.3 Å². The molecule has 1 aromatic carbocycles. The van der Waals surface area contributed by atoms with Crippen LogP contribution in [0.25, 0.3) is 0 Å². The maximum absolute atomic E-state index is 12.0. The molecule has 0 fully saturated rings. The minimum Gasteiger partial charge on any atom is -0.543 e. The van der Waals surface area contributed by atoms with E-state index in [1.165, 1.54) is 0 Å². The van der Waals surface area contributed by atoms with Crippen molar-refractivity contribution in [3.05, 3.63) is 34.3 Å². The Morgan fingerprint density at radius 2 is 1.69 bits per heavy atom. The lowest BCUT2D eigenvalue weighted by molar-refractivity contribution is -0.0239. The second-order valence-corrected chi connectivity index (χ2v) is 24.1. The van der Waals surface area contributed by atoms with Gasteiger partial charge in [0.25, 0.3) is 0 Å². The Morgan fingerprint density at radius 1 is 1.09 bits per heavy atom. The van der Waals surface area contributed by atoms with Crippen LogP contribution >= 0.6 is 15.9 Å². The van der Waals surface area contributed by atoms with Gasteiger partial charge in [0.2, 0.25) is 8.32 Å². The molecule has 0 radical (unpaired) electrons. The van der Waals surface area contributed by atoms with Crippen molar-refractivity contribution in [1.82, 2.24) is 0 Å². The van der Waals surface area contributed by atoms with Crippen LogP contribution in [0.4, 0.5) is 0 Å². The highest BCUT2D eigenvalue weighted by atomic mass is 79.9. The summed E-state index contributed by atoms with van der Waals surface area (Å²) in [4.78, 5) is 0. The van der Waals surface area contributed by atoms with Crippen molar-refractivity contribution in [3.63, 3.8) is 0 Å². The maximum atomic E-state index is 12.0. The predicted octanol–water partition coefficient (Wildman–Crippen LogP) is 8.06. The van der Waals surface area contributed by atoms with Crippen LogP contribution in [0.1, 0.15) is 46.6 Å². The van der Waals surface area contributed by atoms with E-state index in [-0.39, 0.29) is 16.4 Å². The number of ether oxygens (including phenoxy) is 1. The van der Waals surface area contributed by atoms with E-state index >= 15 is 0 Å². The fourth-order valence-corrected chi connectivity index (χ4v) is 8.22. The van der Waals surface area contributed by atoms with Gasteiger partial charge in [0.1, 0.15) is 11.5 Å². The molecule has 6 heteroatoms. The average molecular weight is 542 g/mol. The lowest BCUT2D eigenvalue weighted by atomic mass is 9.63. The summed E-state index contributed by atoms with van der Waals surface area (Å²) in [6, 6.07) is 5.03. The molecule has 2 atom stereocenters. The molecule has 0 aromatic heterocycles. The molecular weight excluding hydrogens is 496 g/mol. The zero-order chi connectivity index (χ0) is 24.8. The summed E-state index contributed by atoms with van der Waals surface area (Å²) < 4.78 is 13.4. The van der Waals surface area contributed by atoms with E-state index in [1.807, 2.05) is 0 Å². The molecular formula is C26H45BrO3Si2. The first-order valence-electron chi connectivity index (χ1n) is 11.8. The van der Waals surface area contributed by atoms with Gasteiger partial charge >= 0.3 is 0 Å². The fourth-order valence-electron chi connectivity index (χ4n) is 4.62. The van der Waals surface area contributed by atoms with E-state index in [0.29, 0.717) is 0 Å². The first-order chi connectivity index (χ1) is 14.3. The second kappa shape index (κ2) is 9.23. The van der Waals surface area contributed by atoms with Crippen LogP contribution in [0.3, 0.4) is 0 Å². The minimum atomic E-state index is -2.03. The highest BCUT2D eigenvalue weighted by molar-refractivity contribution is 9.10. The van der Waals surface area contributed by atoms with Crippen LogP contribution in [0.15, 0.2) is 28.8 Å². The molecule has 2 unspecified atom stereocenters. The SMILES string of the molecule is COc1cc(CC2C(C)(C)CC=CC2(O)C[Si](C)(C)C)c(O[Si](C)(C)C(C)(C)C)cc1Br. The molecule has 0 saturated heterocycles. The molecule has 32 heavy (non-hydrogen) atoms. The van der Waals surface area contributed by atoms with Crippen LogP contribution in [-0.2, 0) is 6.42 Å². The highest BCUT2D eigenvalue weighted by Crippen LogP contribution is 2.49. The molecule has 1 aromatic rings. The standard InChI is InChI=1S/C26H45BrO3Si2/c1-24(2,3)32(10,11)30-21-17-20(27)22(29-6)15-19(21)16-23-25(4,5)13-12-14-26(23,28)18-31(7,8)9/h12,14-15,17,23,28H,13,16,18H2,1-11H3. The second-order valence-electron chi connectivity index (χ2n) is 13.0. The van der Waals surface area contributed by atoms with Gasteiger partial charge in [-0.3, -0.25) is 0 Å². The number of methoxy groups -OCH3 is 1. The van der Waals surface area contributed by atoms with E-state index in [2.05, 4.69) is 108 Å². The zero-order valence-electron chi connectivity index (χ0n) is 22.1. The molecule has 0 amide bonds. The molecule has 1 aliphatic carbocycles. The van der Waals surface area contributed by atoms with Gasteiger partial charge in [-0.25, -0.2) is 0 Å². The molecule has 182 valence electrons. The molecule has 0 bridgehead atoms. The van der Waals surface area contributed by atoms with Crippen molar-refractivity contribution < 1.29 is 14.3 Å². The summed E-state index contributed by atoms with van der Waals surface area (Å²) in [5.74, 6) is 1.82. The van der Waals surface area contributed by atoms with Crippen molar-refractivity contribution in [2.45, 2.75) is 96.9 Å². The number of allylic oxidation sites excluding steroid dienone is 1. The van der Waals surface area contributed by atoms with Crippen LogP contribution in [0.5, 0.6) is 11.5 Å². The number of aliphatic hydroxyl groups is 1. The van der Waals surface area contributed by atoms with Gasteiger partial charge in [0, 0.05) is 14.0 Å². The van der Waals surface area contributed by atoms with E-state index in [4.69, 9.17) is 9.16 Å². The van der Waals surface area contributed by atoms with E-state index in [0.717, 1.165) is 40.4 Å². The van der Waals surface area contributed by atoms with Crippen molar-refractivity contribution >= 4 is 32.3 Å². The van der Waals surface area contributed by atoms with Crippen molar-refractivity contribution in [1.29, 1.82) is 0 Å². The van der Waals surface area contributed by atoms with Gasteiger partial charge in [-0.05, 0) is 76.1 Å². The minimum absolute atomic E-state index is 0.0162. The van der Waals surface area contributed by atoms with Gasteiger partial charge in [-0.15, -0.1) is 0 Å². The lowest BCUT2D eigenvalue weighted by Crippen LogP contribution is -2.51. The Balaban J connectivity index is 2.58. The van der Waals surface area contributed by atoms with Gasteiger partial charge in [0.15, 0.2) is 0 Å². The van der Waals surface area contributed by atoms with Crippen LogP contribution in [0.2, 0.25) is 43.8 Å². The molecule has 0 aliphatic heterocycles. The highest BCUT2D eigenvalue weighted by Gasteiger charge is 2.48. The largest absolute Gasteiger partial charge is 0.543 e. The summed E-state index contributed by atoms with van der Waals surface area (Å²) in [6.45, 7) is 23.0. The lowest BCUT2D eigenvalue weighted by Gasteiger charge is -2.49. The number of rotatable bonds is 7. The quantitative estimate of drug-likeness (QED) is 0.280. The third-order valence-electron chi connectivity index (χ3n) is 7.34. The first-order valence-corrected chi connectivity index (χ1v) is 19.2. The number of hydrogen-bond donors (Lipinski definition) is 1. The van der Waals surface area contributed by atoms with Gasteiger partial charge < -0.3 is 14.3 Å². The first kappa shape index (κ1) is 27.7.